The number of rotatable bonds is 4. The first-order valence-electron chi connectivity index (χ1n) is 11.6. The maximum Gasteiger partial charge on any atom is 0.338 e. The Morgan fingerprint density at radius 2 is 1.97 bits per heavy atom. The summed E-state index contributed by atoms with van der Waals surface area (Å²) in [6, 6.07) is 6.86. The van der Waals surface area contributed by atoms with E-state index in [1.54, 1.807) is 16.7 Å². The number of fused-ring (bicyclic) bond motifs is 3. The Bertz CT molecular complexity index is 1400. The van der Waals surface area contributed by atoms with Gasteiger partial charge in [-0.05, 0) is 62.3 Å². The van der Waals surface area contributed by atoms with Gasteiger partial charge in [-0.15, -0.1) is 11.3 Å². The molecule has 1 aliphatic carbocycles. The summed E-state index contributed by atoms with van der Waals surface area (Å²) in [5.41, 5.74) is 2.15. The minimum Gasteiger partial charge on any atom is -0.452 e. The van der Waals surface area contributed by atoms with Gasteiger partial charge in [0.05, 0.1) is 22.0 Å². The first-order chi connectivity index (χ1) is 16.5. The normalized spacial score (nSPS) is 15.0. The summed E-state index contributed by atoms with van der Waals surface area (Å²) in [7, 11) is 0. The van der Waals surface area contributed by atoms with Crippen molar-refractivity contribution in [3.05, 3.63) is 55.9 Å². The van der Waals surface area contributed by atoms with Crippen molar-refractivity contribution in [3.8, 4) is 6.07 Å². The largest absolute Gasteiger partial charge is 0.452 e. The van der Waals surface area contributed by atoms with Gasteiger partial charge in [0.1, 0.15) is 16.9 Å². The molecular formula is C25H24N4O4S. The number of ether oxygens (including phenoxy) is 1. The molecule has 0 radical (unpaired) electrons. The molecule has 1 aromatic carbocycles. The number of hydrogen-bond donors (Lipinski definition) is 1. The Hall–Kier alpha value is -3.51. The fourth-order valence-corrected chi connectivity index (χ4v) is 5.95. The van der Waals surface area contributed by atoms with Gasteiger partial charge in [-0.1, -0.05) is 6.42 Å². The molecule has 2 aliphatic rings. The van der Waals surface area contributed by atoms with Crippen molar-refractivity contribution >= 4 is 39.1 Å². The molecule has 1 amide bonds. The van der Waals surface area contributed by atoms with Crippen molar-refractivity contribution in [2.45, 2.75) is 57.9 Å². The lowest BCUT2D eigenvalue weighted by Gasteiger charge is -2.11. The van der Waals surface area contributed by atoms with E-state index in [0.717, 1.165) is 67.6 Å². The lowest BCUT2D eigenvalue weighted by molar-refractivity contribution is -0.119. The zero-order valence-electron chi connectivity index (χ0n) is 18.7. The van der Waals surface area contributed by atoms with Gasteiger partial charge in [0.25, 0.3) is 11.5 Å². The number of carbonyl (C=O) groups is 2. The minimum absolute atomic E-state index is 0.0897. The zero-order chi connectivity index (χ0) is 23.7. The molecule has 3 heterocycles. The van der Waals surface area contributed by atoms with E-state index in [9.17, 15) is 19.6 Å². The van der Waals surface area contributed by atoms with Crippen LogP contribution in [0.1, 0.15) is 64.3 Å². The molecule has 2 aromatic heterocycles. The Balaban J connectivity index is 1.29. The van der Waals surface area contributed by atoms with Crippen molar-refractivity contribution in [2.75, 3.05) is 11.9 Å². The molecule has 0 bridgehead atoms. The number of benzene rings is 1. The molecule has 0 fully saturated rings. The third-order valence-corrected chi connectivity index (χ3v) is 7.63. The summed E-state index contributed by atoms with van der Waals surface area (Å²) in [6.45, 7) is 0.196. The SMILES string of the molecule is N#Cc1c(NC(=O)COC(=O)c2ccc3c(=O)n4c(nc3c2)CCCCC4)sc2c1CCCC2. The number of hydrogen-bond acceptors (Lipinski definition) is 7. The van der Waals surface area contributed by atoms with E-state index in [2.05, 4.69) is 16.4 Å². The molecule has 0 atom stereocenters. The van der Waals surface area contributed by atoms with Crippen LogP contribution >= 0.6 is 11.3 Å². The second-order valence-electron chi connectivity index (χ2n) is 8.68. The molecule has 1 aliphatic heterocycles. The molecule has 0 unspecified atom stereocenters. The summed E-state index contributed by atoms with van der Waals surface area (Å²) in [4.78, 5) is 43.7. The van der Waals surface area contributed by atoms with Crippen molar-refractivity contribution in [1.82, 2.24) is 9.55 Å². The molecule has 9 heteroatoms. The van der Waals surface area contributed by atoms with Crippen LogP contribution in [0.3, 0.4) is 0 Å². The first kappa shape index (κ1) is 22.3. The Morgan fingerprint density at radius 1 is 1.15 bits per heavy atom. The van der Waals surface area contributed by atoms with E-state index in [1.165, 1.54) is 17.4 Å². The Morgan fingerprint density at radius 3 is 2.82 bits per heavy atom. The predicted octanol–water partition coefficient (Wildman–Crippen LogP) is 3.73. The number of nitrogens with one attached hydrogen (secondary N) is 1. The second kappa shape index (κ2) is 9.39. The number of amides is 1. The van der Waals surface area contributed by atoms with Crippen molar-refractivity contribution in [1.29, 1.82) is 5.26 Å². The number of esters is 1. The summed E-state index contributed by atoms with van der Waals surface area (Å²) < 4.78 is 6.94. The lowest BCUT2D eigenvalue weighted by Crippen LogP contribution is -2.25. The molecule has 3 aromatic rings. The smallest absolute Gasteiger partial charge is 0.338 e. The van der Waals surface area contributed by atoms with Crippen molar-refractivity contribution in [3.63, 3.8) is 0 Å². The number of aromatic nitrogens is 2. The average molecular weight is 477 g/mol. The number of anilines is 1. The van der Waals surface area contributed by atoms with E-state index >= 15 is 0 Å². The van der Waals surface area contributed by atoms with Gasteiger partial charge >= 0.3 is 5.97 Å². The number of nitriles is 1. The Labute approximate surface area is 200 Å². The van der Waals surface area contributed by atoms with Crippen LogP contribution in [0.4, 0.5) is 5.00 Å². The number of nitrogens with zero attached hydrogens (tertiary/aromatic N) is 3. The lowest BCUT2D eigenvalue weighted by atomic mass is 9.96. The van der Waals surface area contributed by atoms with E-state index in [-0.39, 0.29) is 11.1 Å². The minimum atomic E-state index is -0.667. The van der Waals surface area contributed by atoms with Crippen LogP contribution < -0.4 is 10.9 Å². The number of thiophene rings is 1. The van der Waals surface area contributed by atoms with E-state index in [4.69, 9.17) is 4.74 Å². The summed E-state index contributed by atoms with van der Waals surface area (Å²) in [6.07, 6.45) is 7.62. The predicted molar refractivity (Wildman–Crippen MR) is 128 cm³/mol. The number of aryl methyl sites for hydroxylation is 2. The summed E-state index contributed by atoms with van der Waals surface area (Å²) in [5.74, 6) is -0.419. The quantitative estimate of drug-likeness (QED) is 0.574. The first-order valence-corrected chi connectivity index (χ1v) is 12.4. The standard InChI is InChI=1S/C25H24N4O4S/c26-13-18-16-6-3-4-7-20(16)34-23(18)28-22(30)14-33-25(32)15-9-10-17-19(12-15)27-21-8-2-1-5-11-29(21)24(17)31/h9-10,12H,1-8,11,14H2,(H,28,30). The van der Waals surface area contributed by atoms with Crippen LogP contribution in [0.15, 0.2) is 23.0 Å². The molecule has 8 nitrogen and oxygen atoms in total. The van der Waals surface area contributed by atoms with Crippen LogP contribution in [0.25, 0.3) is 10.9 Å². The fourth-order valence-electron chi connectivity index (χ4n) is 4.69. The van der Waals surface area contributed by atoms with Crippen LogP contribution in [-0.2, 0) is 35.3 Å². The van der Waals surface area contributed by atoms with Crippen molar-refractivity contribution < 1.29 is 14.3 Å². The van der Waals surface area contributed by atoms with Gasteiger partial charge in [-0.25, -0.2) is 9.78 Å². The summed E-state index contributed by atoms with van der Waals surface area (Å²) in [5, 5.41) is 13.2. The molecule has 174 valence electrons. The average Bonchev–Trinajstić information content (AvgIpc) is 3.01. The molecule has 0 saturated carbocycles. The van der Waals surface area contributed by atoms with E-state index < -0.39 is 18.5 Å². The Kier molecular flexibility index (Phi) is 6.16. The topological polar surface area (TPSA) is 114 Å². The molecule has 5 rings (SSSR count). The van der Waals surface area contributed by atoms with Crippen LogP contribution in [0, 0.1) is 11.3 Å². The van der Waals surface area contributed by atoms with Crippen molar-refractivity contribution in [2.24, 2.45) is 0 Å². The van der Waals surface area contributed by atoms with Gasteiger partial charge in [0, 0.05) is 17.8 Å². The maximum absolute atomic E-state index is 12.9. The molecular weight excluding hydrogens is 452 g/mol. The van der Waals surface area contributed by atoms with Crippen LogP contribution in [0.5, 0.6) is 0 Å². The highest BCUT2D eigenvalue weighted by atomic mass is 32.1. The highest BCUT2D eigenvalue weighted by Crippen LogP contribution is 2.37. The maximum atomic E-state index is 12.9. The van der Waals surface area contributed by atoms with E-state index in [0.29, 0.717) is 28.0 Å². The molecule has 0 spiro atoms. The second-order valence-corrected chi connectivity index (χ2v) is 9.78. The van der Waals surface area contributed by atoms with E-state index in [1.807, 2.05) is 0 Å². The monoisotopic (exact) mass is 476 g/mol. The van der Waals surface area contributed by atoms with Gasteiger partial charge in [-0.3, -0.25) is 14.2 Å². The fraction of sp³-hybridized carbons (Fsp3) is 0.400. The molecule has 1 N–H and O–H groups in total. The zero-order valence-corrected chi connectivity index (χ0v) is 19.5. The highest BCUT2D eigenvalue weighted by molar-refractivity contribution is 7.16. The highest BCUT2D eigenvalue weighted by Gasteiger charge is 2.22. The van der Waals surface area contributed by atoms with Gasteiger partial charge in [0.15, 0.2) is 6.61 Å². The van der Waals surface area contributed by atoms with Gasteiger partial charge in [0.2, 0.25) is 0 Å². The molecule has 0 saturated heterocycles. The third kappa shape index (κ3) is 4.21. The third-order valence-electron chi connectivity index (χ3n) is 6.42. The number of carbonyl (C=O) groups excluding carboxylic acids is 2. The van der Waals surface area contributed by atoms with Gasteiger partial charge < -0.3 is 10.1 Å². The van der Waals surface area contributed by atoms with Gasteiger partial charge in [-0.2, -0.15) is 5.26 Å². The summed E-state index contributed by atoms with van der Waals surface area (Å²) >= 11 is 1.43. The van der Waals surface area contributed by atoms with Crippen LogP contribution in [0.2, 0.25) is 0 Å². The molecule has 34 heavy (non-hydrogen) atoms. The van der Waals surface area contributed by atoms with Crippen LogP contribution in [-0.4, -0.2) is 28.0 Å².